The number of carbonyl (C=O) groups excluding carboxylic acids is 4. The normalized spacial score (nSPS) is 16.3. The predicted octanol–water partition coefficient (Wildman–Crippen LogP) is 3.39. The number of amides is 3. The Morgan fingerprint density at radius 2 is 1.76 bits per heavy atom. The quantitative estimate of drug-likeness (QED) is 0.247. The molecule has 3 aromatic rings. The van der Waals surface area contributed by atoms with E-state index in [0.717, 1.165) is 10.9 Å². The number of Topliss-reactive ketones (excluding diaryl/α,β-unsaturated/α-hetero) is 1. The van der Waals surface area contributed by atoms with Gasteiger partial charge in [0.1, 0.15) is 18.3 Å². The van der Waals surface area contributed by atoms with Gasteiger partial charge in [0, 0.05) is 23.4 Å². The van der Waals surface area contributed by atoms with Crippen LogP contribution in [0, 0.1) is 29.3 Å². The third-order valence-corrected chi connectivity index (χ3v) is 6.85. The molecule has 1 aliphatic heterocycles. The van der Waals surface area contributed by atoms with Crippen LogP contribution in [-0.2, 0) is 14.4 Å². The monoisotopic (exact) mass is 572 g/mol. The van der Waals surface area contributed by atoms with E-state index in [1.54, 1.807) is 6.07 Å². The highest BCUT2D eigenvalue weighted by molar-refractivity contribution is 6.01. The van der Waals surface area contributed by atoms with Crippen molar-refractivity contribution in [2.75, 3.05) is 13.2 Å². The van der Waals surface area contributed by atoms with E-state index in [4.69, 9.17) is 4.74 Å². The molecular formula is C29H31F3N4O5. The number of hydrogen-bond donors (Lipinski definition) is 4. The summed E-state index contributed by atoms with van der Waals surface area (Å²) in [5.74, 6) is -8.13. The van der Waals surface area contributed by atoms with Crippen molar-refractivity contribution >= 4 is 34.4 Å². The van der Waals surface area contributed by atoms with Crippen molar-refractivity contribution in [3.63, 3.8) is 0 Å². The molecule has 2 aromatic carbocycles. The lowest BCUT2D eigenvalue weighted by molar-refractivity contribution is -0.131. The van der Waals surface area contributed by atoms with Gasteiger partial charge in [-0.15, -0.1) is 0 Å². The molecule has 9 nitrogen and oxygen atoms in total. The van der Waals surface area contributed by atoms with Gasteiger partial charge in [0.25, 0.3) is 5.91 Å². The molecule has 41 heavy (non-hydrogen) atoms. The Balaban J connectivity index is 1.50. The Labute approximate surface area is 234 Å². The molecule has 0 bridgehead atoms. The van der Waals surface area contributed by atoms with Crippen LogP contribution in [0.1, 0.15) is 43.6 Å². The predicted molar refractivity (Wildman–Crippen MR) is 143 cm³/mol. The van der Waals surface area contributed by atoms with Crippen molar-refractivity contribution in [2.45, 2.75) is 45.2 Å². The number of benzene rings is 2. The van der Waals surface area contributed by atoms with Crippen LogP contribution < -0.4 is 20.7 Å². The second-order valence-corrected chi connectivity index (χ2v) is 10.4. The molecule has 218 valence electrons. The number of nitrogens with one attached hydrogen (secondary N) is 4. The number of fused-ring (bicyclic) bond motifs is 1. The standard InChI is InChI=1S/C29H31F3N4O5/c1-15(2)11-22(36-29(40)23-12-16-5-3-4-6-20(16)34-23)28(39)35-21(13-17-9-10-33-27(17)38)24(37)14-41-26-19(31)8-7-18(30)25(26)32/h3-8,12,15,17,21-22,34H,9-11,13-14H2,1-2H3,(H,33,38)(H,35,39)(H,36,40)/t17-,21?,22?/m0/s1. The van der Waals surface area contributed by atoms with Crippen molar-refractivity contribution in [3.05, 3.63) is 65.6 Å². The fraction of sp³-hybridized carbons (Fsp3) is 0.379. The number of aromatic amines is 1. The first-order valence-electron chi connectivity index (χ1n) is 13.3. The molecule has 1 aromatic heterocycles. The Bertz CT molecular complexity index is 1420. The Kier molecular flexibility index (Phi) is 9.31. The summed E-state index contributed by atoms with van der Waals surface area (Å²) >= 11 is 0. The molecule has 0 saturated carbocycles. The second-order valence-electron chi connectivity index (χ2n) is 10.4. The molecular weight excluding hydrogens is 541 g/mol. The molecule has 0 radical (unpaired) electrons. The highest BCUT2D eigenvalue weighted by atomic mass is 19.2. The van der Waals surface area contributed by atoms with Crippen LogP contribution in [0.15, 0.2) is 42.5 Å². The molecule has 2 unspecified atom stereocenters. The van der Waals surface area contributed by atoms with E-state index < -0.39 is 65.4 Å². The molecule has 1 saturated heterocycles. The van der Waals surface area contributed by atoms with Gasteiger partial charge in [0.05, 0.1) is 6.04 Å². The van der Waals surface area contributed by atoms with Gasteiger partial charge in [-0.2, -0.15) is 4.39 Å². The van der Waals surface area contributed by atoms with E-state index in [-0.39, 0.29) is 30.4 Å². The number of ketones is 1. The second kappa shape index (κ2) is 12.9. The minimum Gasteiger partial charge on any atom is -0.480 e. The SMILES string of the molecule is CC(C)CC(NC(=O)c1cc2ccccc2[nH]1)C(=O)NC(C[C@@H]1CCNC1=O)C(=O)COc1c(F)ccc(F)c1F. The zero-order valence-electron chi connectivity index (χ0n) is 22.6. The molecule has 0 aliphatic carbocycles. The molecule has 2 heterocycles. The van der Waals surface area contributed by atoms with Gasteiger partial charge in [-0.25, -0.2) is 8.78 Å². The van der Waals surface area contributed by atoms with Gasteiger partial charge in [0.15, 0.2) is 23.2 Å². The van der Waals surface area contributed by atoms with Crippen LogP contribution in [0.25, 0.3) is 10.9 Å². The first-order valence-corrected chi connectivity index (χ1v) is 13.3. The average Bonchev–Trinajstić information content (AvgIpc) is 3.55. The minimum atomic E-state index is -1.59. The number of aromatic nitrogens is 1. The number of para-hydroxylation sites is 1. The van der Waals surface area contributed by atoms with Crippen molar-refractivity contribution in [2.24, 2.45) is 11.8 Å². The van der Waals surface area contributed by atoms with Crippen LogP contribution in [-0.4, -0.2) is 53.7 Å². The van der Waals surface area contributed by atoms with Crippen molar-refractivity contribution in [3.8, 4) is 5.75 Å². The summed E-state index contributed by atoms with van der Waals surface area (Å²) in [7, 11) is 0. The summed E-state index contributed by atoms with van der Waals surface area (Å²) in [6.07, 6.45) is 0.552. The third kappa shape index (κ3) is 7.24. The smallest absolute Gasteiger partial charge is 0.268 e. The van der Waals surface area contributed by atoms with E-state index in [0.29, 0.717) is 25.1 Å². The van der Waals surface area contributed by atoms with E-state index >= 15 is 0 Å². The molecule has 3 atom stereocenters. The molecule has 12 heteroatoms. The van der Waals surface area contributed by atoms with Crippen LogP contribution in [0.5, 0.6) is 5.75 Å². The van der Waals surface area contributed by atoms with Gasteiger partial charge in [-0.1, -0.05) is 32.0 Å². The highest BCUT2D eigenvalue weighted by Crippen LogP contribution is 2.24. The Morgan fingerprint density at radius 1 is 1.02 bits per heavy atom. The molecule has 4 rings (SSSR count). The lowest BCUT2D eigenvalue weighted by Crippen LogP contribution is -2.53. The number of H-pyrrole nitrogens is 1. The van der Waals surface area contributed by atoms with Crippen molar-refractivity contribution in [1.29, 1.82) is 0 Å². The lowest BCUT2D eigenvalue weighted by Gasteiger charge is -2.25. The number of rotatable bonds is 12. The van der Waals surface area contributed by atoms with Crippen molar-refractivity contribution < 1.29 is 37.1 Å². The summed E-state index contributed by atoms with van der Waals surface area (Å²) in [6.45, 7) is 3.21. The van der Waals surface area contributed by atoms with Crippen LogP contribution in [0.2, 0.25) is 0 Å². The average molecular weight is 573 g/mol. The minimum absolute atomic E-state index is 0.0224. The number of halogens is 3. The van der Waals surface area contributed by atoms with E-state index in [1.165, 1.54) is 0 Å². The largest absolute Gasteiger partial charge is 0.480 e. The van der Waals surface area contributed by atoms with E-state index in [9.17, 15) is 32.3 Å². The summed E-state index contributed by atoms with van der Waals surface area (Å²) in [6, 6.07) is 7.86. The van der Waals surface area contributed by atoms with Gasteiger partial charge in [-0.05, 0) is 49.4 Å². The van der Waals surface area contributed by atoms with Gasteiger partial charge >= 0.3 is 0 Å². The molecule has 1 aliphatic rings. The first kappa shape index (κ1) is 29.6. The molecule has 0 spiro atoms. The first-order chi connectivity index (χ1) is 19.5. The maximum atomic E-state index is 14.0. The van der Waals surface area contributed by atoms with Gasteiger partial charge in [-0.3, -0.25) is 19.2 Å². The van der Waals surface area contributed by atoms with Crippen LogP contribution in [0.3, 0.4) is 0 Å². The summed E-state index contributed by atoms with van der Waals surface area (Å²) in [5.41, 5.74) is 0.990. The number of carbonyl (C=O) groups is 4. The van der Waals surface area contributed by atoms with Crippen LogP contribution >= 0.6 is 0 Å². The fourth-order valence-corrected chi connectivity index (χ4v) is 4.72. The molecule has 4 N–H and O–H groups in total. The fourth-order valence-electron chi connectivity index (χ4n) is 4.72. The van der Waals surface area contributed by atoms with E-state index in [1.807, 2.05) is 38.1 Å². The summed E-state index contributed by atoms with van der Waals surface area (Å²) in [4.78, 5) is 54.8. The maximum Gasteiger partial charge on any atom is 0.268 e. The Hall–Kier alpha value is -4.35. The van der Waals surface area contributed by atoms with Gasteiger partial charge in [0.2, 0.25) is 17.6 Å². The van der Waals surface area contributed by atoms with Crippen molar-refractivity contribution in [1.82, 2.24) is 20.9 Å². The third-order valence-electron chi connectivity index (χ3n) is 6.85. The summed E-state index contributed by atoms with van der Waals surface area (Å²) < 4.78 is 46.6. The Morgan fingerprint density at radius 3 is 2.44 bits per heavy atom. The zero-order chi connectivity index (χ0) is 29.7. The zero-order valence-corrected chi connectivity index (χ0v) is 22.6. The van der Waals surface area contributed by atoms with Gasteiger partial charge < -0.3 is 25.7 Å². The number of hydrogen-bond acceptors (Lipinski definition) is 5. The van der Waals surface area contributed by atoms with E-state index in [2.05, 4.69) is 20.9 Å². The topological polar surface area (TPSA) is 129 Å². The highest BCUT2D eigenvalue weighted by Gasteiger charge is 2.34. The maximum absolute atomic E-state index is 14.0. The van der Waals surface area contributed by atoms with Crippen LogP contribution in [0.4, 0.5) is 13.2 Å². The molecule has 1 fully saturated rings. The summed E-state index contributed by atoms with van der Waals surface area (Å²) in [5, 5.41) is 8.77. The molecule has 3 amide bonds. The lowest BCUT2D eigenvalue weighted by atomic mass is 9.95. The number of ether oxygens (including phenoxy) is 1.